The van der Waals surface area contributed by atoms with Crippen LogP contribution in [0.4, 0.5) is 0 Å². The van der Waals surface area contributed by atoms with Crippen molar-refractivity contribution < 1.29 is 52.5 Å². The minimum atomic E-state index is -0.715. The number of esters is 5. The number of rotatable bonds is 11. The topological polar surface area (TPSA) is 149 Å². The number of Topliss-reactive ketones (excluding diaryl/α,β-unsaturated/α-hetero) is 1. The van der Waals surface area contributed by atoms with E-state index in [1.165, 1.54) is 34.6 Å². The molecule has 0 aromatic heterocycles. The van der Waals surface area contributed by atoms with Crippen molar-refractivity contribution >= 4 is 35.6 Å². The van der Waals surface area contributed by atoms with Crippen molar-refractivity contribution in [2.75, 3.05) is 6.61 Å². The zero-order valence-electron chi connectivity index (χ0n) is 30.2. The van der Waals surface area contributed by atoms with E-state index in [0.29, 0.717) is 25.7 Å². The summed E-state index contributed by atoms with van der Waals surface area (Å²) in [7, 11) is 0. The van der Waals surface area contributed by atoms with Crippen molar-refractivity contribution in [3.8, 4) is 0 Å². The first kappa shape index (κ1) is 37.8. The van der Waals surface area contributed by atoms with Crippen LogP contribution in [0.15, 0.2) is 0 Å². The molecule has 0 aromatic carbocycles. The lowest BCUT2D eigenvalue weighted by molar-refractivity contribution is -0.197. The zero-order valence-corrected chi connectivity index (χ0v) is 30.2. The molecule has 0 N–H and O–H groups in total. The lowest BCUT2D eigenvalue weighted by atomic mass is 9.43. The van der Waals surface area contributed by atoms with Crippen LogP contribution in [0, 0.1) is 52.3 Å². The second kappa shape index (κ2) is 14.9. The standard InChI is InChI=1S/C37H56O11/c1-19(18-44-21(3)38)14-33(46-23(5)40)35(48-25(7)42)20(2)27-10-11-28-26-15-31(43)30-16-32(45-22(4)39)34(47-24(6)41)17-37(30,9)29(26)12-13-36(27,28)8/h19-20,26-30,32-35H,10-18H2,1-9H3/t19?,20-,26-,27+,28-,29-,30+,32-,33+,34+,35+,36+,37+/m0/s1. The van der Waals surface area contributed by atoms with Crippen molar-refractivity contribution in [3.05, 3.63) is 0 Å². The van der Waals surface area contributed by atoms with Crippen LogP contribution in [0.25, 0.3) is 0 Å². The first-order chi connectivity index (χ1) is 22.4. The molecule has 11 heteroatoms. The summed E-state index contributed by atoms with van der Waals surface area (Å²) >= 11 is 0. The van der Waals surface area contributed by atoms with E-state index in [1.54, 1.807) is 0 Å². The third kappa shape index (κ3) is 7.91. The molecule has 270 valence electrons. The highest BCUT2D eigenvalue weighted by atomic mass is 16.6. The molecule has 4 rings (SSSR count). The maximum Gasteiger partial charge on any atom is 0.303 e. The van der Waals surface area contributed by atoms with E-state index in [-0.39, 0.29) is 59.2 Å². The monoisotopic (exact) mass is 676 g/mol. The molecule has 4 aliphatic carbocycles. The summed E-state index contributed by atoms with van der Waals surface area (Å²) in [5.74, 6) is -1.79. The van der Waals surface area contributed by atoms with Crippen LogP contribution in [-0.2, 0) is 52.5 Å². The van der Waals surface area contributed by atoms with E-state index in [2.05, 4.69) is 20.8 Å². The van der Waals surface area contributed by atoms with E-state index in [1.807, 2.05) is 6.92 Å². The predicted octanol–water partition coefficient (Wildman–Crippen LogP) is 5.39. The van der Waals surface area contributed by atoms with Gasteiger partial charge in [0.2, 0.25) is 0 Å². The SMILES string of the molecule is CC(=O)OCC(C)C[C@@H](OC(C)=O)[C@H](OC(C)=O)[C@@H](C)[C@H]1CC[C@H]2[C@@H]3CC(=O)[C@H]4C[C@H](OC(C)=O)[C@H](OC(C)=O)C[C@]4(C)[C@H]3CC[C@]12C. The molecule has 0 amide bonds. The Morgan fingerprint density at radius 3 is 1.96 bits per heavy atom. The van der Waals surface area contributed by atoms with Crippen LogP contribution in [0.2, 0.25) is 0 Å². The van der Waals surface area contributed by atoms with Crippen molar-refractivity contribution in [2.24, 2.45) is 52.3 Å². The van der Waals surface area contributed by atoms with E-state index >= 15 is 0 Å². The van der Waals surface area contributed by atoms with Gasteiger partial charge in [-0.15, -0.1) is 0 Å². The first-order valence-electron chi connectivity index (χ1n) is 17.7. The minimum absolute atomic E-state index is 0.139. The van der Waals surface area contributed by atoms with Crippen LogP contribution in [0.1, 0.15) is 114 Å². The highest BCUT2D eigenvalue weighted by Crippen LogP contribution is 2.68. The Hall–Kier alpha value is -2.98. The molecule has 0 saturated heterocycles. The molecule has 4 aliphatic rings. The third-order valence-corrected chi connectivity index (χ3v) is 12.5. The third-order valence-electron chi connectivity index (χ3n) is 12.5. The number of carbonyl (C=O) groups excluding carboxylic acids is 6. The number of ether oxygens (including phenoxy) is 5. The molecule has 0 bridgehead atoms. The highest BCUT2D eigenvalue weighted by molar-refractivity contribution is 5.83. The number of ketones is 1. The lowest BCUT2D eigenvalue weighted by Gasteiger charge is -2.61. The van der Waals surface area contributed by atoms with Crippen LogP contribution in [0.5, 0.6) is 0 Å². The van der Waals surface area contributed by atoms with Crippen LogP contribution in [-0.4, -0.2) is 66.7 Å². The van der Waals surface area contributed by atoms with Crippen LogP contribution >= 0.6 is 0 Å². The zero-order chi connectivity index (χ0) is 35.7. The van der Waals surface area contributed by atoms with Gasteiger partial charge < -0.3 is 23.7 Å². The summed E-state index contributed by atoms with van der Waals surface area (Å²) in [5, 5.41) is 0. The fraction of sp³-hybridized carbons (Fsp3) is 0.838. The Balaban J connectivity index is 1.60. The largest absolute Gasteiger partial charge is 0.466 e. The van der Waals surface area contributed by atoms with Gasteiger partial charge in [0.15, 0.2) is 0 Å². The summed E-state index contributed by atoms with van der Waals surface area (Å²) in [5.41, 5.74) is -0.544. The van der Waals surface area contributed by atoms with Crippen molar-refractivity contribution in [1.82, 2.24) is 0 Å². The van der Waals surface area contributed by atoms with Crippen LogP contribution < -0.4 is 0 Å². The molecule has 48 heavy (non-hydrogen) atoms. The lowest BCUT2D eigenvalue weighted by Crippen LogP contribution is -2.60. The van der Waals surface area contributed by atoms with Gasteiger partial charge in [-0.25, -0.2) is 0 Å². The molecule has 13 atom stereocenters. The Bertz CT molecular complexity index is 1260. The summed E-state index contributed by atoms with van der Waals surface area (Å²) in [6, 6.07) is 0. The van der Waals surface area contributed by atoms with Gasteiger partial charge >= 0.3 is 29.8 Å². The molecule has 0 spiro atoms. The van der Waals surface area contributed by atoms with Gasteiger partial charge in [-0.05, 0) is 85.4 Å². The molecule has 4 fully saturated rings. The Morgan fingerprint density at radius 1 is 0.771 bits per heavy atom. The van der Waals surface area contributed by atoms with Crippen molar-refractivity contribution in [1.29, 1.82) is 0 Å². The van der Waals surface area contributed by atoms with Crippen molar-refractivity contribution in [3.63, 3.8) is 0 Å². The molecule has 0 aromatic rings. The quantitative estimate of drug-likeness (QED) is 0.205. The number of hydrogen-bond acceptors (Lipinski definition) is 11. The van der Waals surface area contributed by atoms with Gasteiger partial charge in [0.05, 0.1) is 6.61 Å². The summed E-state index contributed by atoms with van der Waals surface area (Å²) in [4.78, 5) is 74.2. The van der Waals surface area contributed by atoms with E-state index < -0.39 is 59.7 Å². The van der Waals surface area contributed by atoms with Gasteiger partial charge in [-0.3, -0.25) is 28.8 Å². The average molecular weight is 677 g/mol. The Labute approximate surface area is 284 Å². The highest BCUT2D eigenvalue weighted by Gasteiger charge is 2.65. The number of fused-ring (bicyclic) bond motifs is 5. The Morgan fingerprint density at radius 2 is 1.38 bits per heavy atom. The van der Waals surface area contributed by atoms with Gasteiger partial charge in [-0.1, -0.05) is 27.7 Å². The van der Waals surface area contributed by atoms with Crippen molar-refractivity contribution in [2.45, 2.75) is 138 Å². The number of hydrogen-bond donors (Lipinski definition) is 0. The maximum atomic E-state index is 14.0. The number of carbonyl (C=O) groups is 6. The fourth-order valence-electron chi connectivity index (χ4n) is 10.7. The summed E-state index contributed by atoms with van der Waals surface area (Å²) in [6.07, 6.45) is 2.63. The van der Waals surface area contributed by atoms with E-state index in [9.17, 15) is 28.8 Å². The molecular formula is C37H56O11. The van der Waals surface area contributed by atoms with Gasteiger partial charge in [0.25, 0.3) is 0 Å². The van der Waals surface area contributed by atoms with E-state index in [4.69, 9.17) is 23.7 Å². The maximum absolute atomic E-state index is 14.0. The second-order valence-corrected chi connectivity index (χ2v) is 15.8. The summed E-state index contributed by atoms with van der Waals surface area (Å²) < 4.78 is 28.3. The Kier molecular flexibility index (Phi) is 11.7. The molecular weight excluding hydrogens is 620 g/mol. The van der Waals surface area contributed by atoms with E-state index in [0.717, 1.165) is 25.7 Å². The molecule has 11 nitrogen and oxygen atoms in total. The molecule has 4 saturated carbocycles. The molecule has 0 aliphatic heterocycles. The van der Waals surface area contributed by atoms with Crippen LogP contribution in [0.3, 0.4) is 0 Å². The molecule has 0 heterocycles. The normalized spacial score (nSPS) is 36.5. The molecule has 0 radical (unpaired) electrons. The molecule has 1 unspecified atom stereocenters. The summed E-state index contributed by atoms with van der Waals surface area (Å²) in [6.45, 7) is 15.4. The van der Waals surface area contributed by atoms with Gasteiger partial charge in [0, 0.05) is 52.9 Å². The van der Waals surface area contributed by atoms with Gasteiger partial charge in [-0.2, -0.15) is 0 Å². The average Bonchev–Trinajstić information content (AvgIpc) is 3.31. The predicted molar refractivity (Wildman–Crippen MR) is 173 cm³/mol. The van der Waals surface area contributed by atoms with Gasteiger partial charge in [0.1, 0.15) is 30.2 Å². The first-order valence-corrected chi connectivity index (χ1v) is 17.7. The second-order valence-electron chi connectivity index (χ2n) is 15.8. The smallest absolute Gasteiger partial charge is 0.303 e. The minimum Gasteiger partial charge on any atom is -0.466 e. The fourth-order valence-corrected chi connectivity index (χ4v) is 10.7.